The van der Waals surface area contributed by atoms with E-state index in [4.69, 9.17) is 5.73 Å². The highest BCUT2D eigenvalue weighted by Gasteiger charge is 2.53. The number of nitrogens with zero attached hydrogens (tertiary/aromatic N) is 1. The van der Waals surface area contributed by atoms with E-state index in [-0.39, 0.29) is 5.41 Å². The number of anilines is 1. The molecule has 1 aliphatic carbocycles. The fraction of sp³-hybridized carbons (Fsp3) is 0.611. The van der Waals surface area contributed by atoms with Gasteiger partial charge in [-0.05, 0) is 49.3 Å². The maximum atomic E-state index is 12.9. The first-order valence-electron chi connectivity index (χ1n) is 8.31. The molecule has 2 aliphatic rings. The van der Waals surface area contributed by atoms with E-state index in [1.54, 1.807) is 0 Å². The van der Waals surface area contributed by atoms with Gasteiger partial charge < -0.3 is 10.6 Å². The molecule has 1 aliphatic heterocycles. The van der Waals surface area contributed by atoms with Crippen molar-refractivity contribution < 1.29 is 4.79 Å². The van der Waals surface area contributed by atoms with Gasteiger partial charge >= 0.3 is 0 Å². The van der Waals surface area contributed by atoms with Crippen molar-refractivity contribution in [2.75, 3.05) is 18.8 Å². The Morgan fingerprint density at radius 3 is 2.38 bits per heavy atom. The maximum absolute atomic E-state index is 12.9. The van der Waals surface area contributed by atoms with Crippen LogP contribution in [0.1, 0.15) is 51.0 Å². The fourth-order valence-electron chi connectivity index (χ4n) is 3.69. The summed E-state index contributed by atoms with van der Waals surface area (Å²) in [4.78, 5) is 15.0. The lowest BCUT2D eigenvalue weighted by Crippen LogP contribution is -2.44. The number of amides is 1. The number of piperidine rings is 1. The number of hydrogen-bond acceptors (Lipinski definition) is 2. The van der Waals surface area contributed by atoms with Crippen LogP contribution in [-0.4, -0.2) is 23.9 Å². The molecule has 1 saturated heterocycles. The lowest BCUT2D eigenvalue weighted by atomic mass is 9.89. The van der Waals surface area contributed by atoms with Gasteiger partial charge in [-0.2, -0.15) is 0 Å². The Morgan fingerprint density at radius 1 is 1.24 bits per heavy atom. The Balaban J connectivity index is 1.67. The van der Waals surface area contributed by atoms with Gasteiger partial charge in [0, 0.05) is 18.8 Å². The van der Waals surface area contributed by atoms with Crippen LogP contribution in [0.5, 0.6) is 0 Å². The minimum atomic E-state index is -0.231. The molecule has 1 amide bonds. The van der Waals surface area contributed by atoms with E-state index in [0.717, 1.165) is 43.1 Å². The molecule has 3 rings (SSSR count). The second-order valence-electron chi connectivity index (χ2n) is 6.73. The molecule has 1 aromatic rings. The third kappa shape index (κ3) is 2.78. The van der Waals surface area contributed by atoms with Crippen LogP contribution in [0, 0.1) is 5.92 Å². The first-order valence-corrected chi connectivity index (χ1v) is 8.31. The third-order valence-corrected chi connectivity index (χ3v) is 5.22. The lowest BCUT2D eigenvalue weighted by molar-refractivity contribution is -0.135. The number of carbonyl (C=O) groups excluding carboxylic acids is 1. The summed E-state index contributed by atoms with van der Waals surface area (Å²) in [6, 6.07) is 7.89. The van der Waals surface area contributed by atoms with Gasteiger partial charge in [0.2, 0.25) is 5.91 Å². The third-order valence-electron chi connectivity index (χ3n) is 5.22. The molecule has 0 radical (unpaired) electrons. The number of nitrogens with two attached hydrogens (primary N) is 1. The zero-order valence-corrected chi connectivity index (χ0v) is 13.0. The summed E-state index contributed by atoms with van der Waals surface area (Å²) < 4.78 is 0. The monoisotopic (exact) mass is 286 g/mol. The molecule has 3 nitrogen and oxygen atoms in total. The number of nitrogen functional groups attached to an aromatic ring is 1. The predicted molar refractivity (Wildman–Crippen MR) is 86.0 cm³/mol. The van der Waals surface area contributed by atoms with Gasteiger partial charge in [0.05, 0.1) is 5.41 Å². The normalized spacial score (nSPS) is 21.3. The van der Waals surface area contributed by atoms with Gasteiger partial charge in [0.15, 0.2) is 0 Å². The summed E-state index contributed by atoms with van der Waals surface area (Å²) in [5.74, 6) is 1.17. The van der Waals surface area contributed by atoms with Crippen molar-refractivity contribution in [3.63, 3.8) is 0 Å². The van der Waals surface area contributed by atoms with Crippen LogP contribution >= 0.6 is 0 Å². The van der Waals surface area contributed by atoms with E-state index in [1.807, 2.05) is 24.3 Å². The maximum Gasteiger partial charge on any atom is 0.233 e. The summed E-state index contributed by atoms with van der Waals surface area (Å²) in [5.41, 5.74) is 7.44. The molecule has 0 bridgehead atoms. The van der Waals surface area contributed by atoms with Crippen LogP contribution in [0.2, 0.25) is 0 Å². The van der Waals surface area contributed by atoms with Crippen LogP contribution in [0.15, 0.2) is 24.3 Å². The Labute approximate surface area is 127 Å². The van der Waals surface area contributed by atoms with Gasteiger partial charge in [0.1, 0.15) is 0 Å². The zero-order valence-electron chi connectivity index (χ0n) is 13.0. The number of rotatable bonds is 4. The molecule has 0 unspecified atom stereocenters. The van der Waals surface area contributed by atoms with Gasteiger partial charge in [-0.1, -0.05) is 31.9 Å². The molecular weight excluding hydrogens is 260 g/mol. The van der Waals surface area contributed by atoms with E-state index < -0.39 is 0 Å². The van der Waals surface area contributed by atoms with Crippen LogP contribution < -0.4 is 5.73 Å². The number of benzene rings is 1. The Hall–Kier alpha value is -1.51. The SMILES string of the molecule is CCCC1CCN(C(=O)C2(c3ccc(N)cc3)CC2)CC1. The smallest absolute Gasteiger partial charge is 0.233 e. The molecule has 1 heterocycles. The minimum absolute atomic E-state index is 0.231. The lowest BCUT2D eigenvalue weighted by Gasteiger charge is -2.34. The molecule has 114 valence electrons. The zero-order chi connectivity index (χ0) is 14.9. The molecule has 1 aromatic carbocycles. The highest BCUT2D eigenvalue weighted by molar-refractivity contribution is 5.91. The quantitative estimate of drug-likeness (QED) is 0.863. The predicted octanol–water partition coefficient (Wildman–Crippen LogP) is 3.34. The number of likely N-dealkylation sites (tertiary alicyclic amines) is 1. The summed E-state index contributed by atoms with van der Waals surface area (Å²) >= 11 is 0. The van der Waals surface area contributed by atoms with Crippen molar-refractivity contribution in [2.24, 2.45) is 5.92 Å². The van der Waals surface area contributed by atoms with Crippen LogP contribution in [-0.2, 0) is 10.2 Å². The average molecular weight is 286 g/mol. The van der Waals surface area contributed by atoms with Crippen molar-refractivity contribution in [3.8, 4) is 0 Å². The summed E-state index contributed by atoms with van der Waals surface area (Å²) in [6.07, 6.45) is 6.91. The molecule has 0 aromatic heterocycles. The van der Waals surface area contributed by atoms with E-state index >= 15 is 0 Å². The highest BCUT2D eigenvalue weighted by Crippen LogP contribution is 2.50. The van der Waals surface area contributed by atoms with Gasteiger partial charge in [-0.15, -0.1) is 0 Å². The van der Waals surface area contributed by atoms with Gasteiger partial charge in [0.25, 0.3) is 0 Å². The van der Waals surface area contributed by atoms with Crippen molar-refractivity contribution in [3.05, 3.63) is 29.8 Å². The van der Waals surface area contributed by atoms with Crippen molar-refractivity contribution in [1.82, 2.24) is 4.90 Å². The fourth-order valence-corrected chi connectivity index (χ4v) is 3.69. The van der Waals surface area contributed by atoms with Gasteiger partial charge in [-0.25, -0.2) is 0 Å². The molecule has 0 atom stereocenters. The molecule has 0 spiro atoms. The molecule has 3 heteroatoms. The minimum Gasteiger partial charge on any atom is -0.399 e. The number of carbonyl (C=O) groups is 1. The van der Waals surface area contributed by atoms with E-state index in [2.05, 4.69) is 11.8 Å². The first-order chi connectivity index (χ1) is 10.2. The highest BCUT2D eigenvalue weighted by atomic mass is 16.2. The van der Waals surface area contributed by atoms with Crippen molar-refractivity contribution >= 4 is 11.6 Å². The molecule has 1 saturated carbocycles. The summed E-state index contributed by atoms with van der Waals surface area (Å²) in [5, 5.41) is 0. The Bertz CT molecular complexity index is 496. The van der Waals surface area contributed by atoms with Crippen LogP contribution in [0.4, 0.5) is 5.69 Å². The first kappa shape index (κ1) is 14.4. The molecule has 2 fully saturated rings. The topological polar surface area (TPSA) is 46.3 Å². The Morgan fingerprint density at radius 2 is 1.86 bits per heavy atom. The molecular formula is C18H26N2O. The van der Waals surface area contributed by atoms with Crippen molar-refractivity contribution in [1.29, 1.82) is 0 Å². The van der Waals surface area contributed by atoms with E-state index in [1.165, 1.54) is 25.7 Å². The summed E-state index contributed by atoms with van der Waals surface area (Å²) in [7, 11) is 0. The van der Waals surface area contributed by atoms with E-state index in [0.29, 0.717) is 5.91 Å². The average Bonchev–Trinajstić information content (AvgIpc) is 3.30. The van der Waals surface area contributed by atoms with Crippen molar-refractivity contribution in [2.45, 2.75) is 50.9 Å². The second kappa shape index (κ2) is 5.70. The molecule has 2 N–H and O–H groups in total. The summed E-state index contributed by atoms with van der Waals surface area (Å²) in [6.45, 7) is 4.14. The number of hydrogen-bond donors (Lipinski definition) is 1. The molecule has 21 heavy (non-hydrogen) atoms. The Kier molecular flexibility index (Phi) is 3.92. The van der Waals surface area contributed by atoms with E-state index in [9.17, 15) is 4.79 Å². The largest absolute Gasteiger partial charge is 0.399 e. The standard InChI is InChI=1S/C18H26N2O/c1-2-3-14-8-12-20(13-9-14)17(21)18(10-11-18)15-4-6-16(19)7-5-15/h4-7,14H,2-3,8-13,19H2,1H3. The second-order valence-corrected chi connectivity index (χ2v) is 6.73. The van der Waals surface area contributed by atoms with Gasteiger partial charge in [-0.3, -0.25) is 4.79 Å². The van der Waals surface area contributed by atoms with Crippen LogP contribution in [0.25, 0.3) is 0 Å². The van der Waals surface area contributed by atoms with Crippen LogP contribution in [0.3, 0.4) is 0 Å².